The van der Waals surface area contributed by atoms with Crippen molar-refractivity contribution in [3.8, 4) is 5.75 Å². The van der Waals surface area contributed by atoms with Gasteiger partial charge in [0.15, 0.2) is 0 Å². The molecule has 1 rings (SSSR count). The van der Waals surface area contributed by atoms with Crippen molar-refractivity contribution in [2.45, 2.75) is 52.5 Å². The van der Waals surface area contributed by atoms with E-state index >= 15 is 0 Å². The Bertz CT molecular complexity index is 337. The van der Waals surface area contributed by atoms with Crippen LogP contribution in [0.2, 0.25) is 0 Å². The van der Waals surface area contributed by atoms with Crippen LogP contribution in [0.4, 0.5) is 0 Å². The molecule has 1 atom stereocenters. The average Bonchev–Trinajstić information content (AvgIpc) is 2.29. The van der Waals surface area contributed by atoms with Crippen molar-refractivity contribution in [2.75, 3.05) is 13.2 Å². The zero-order valence-electron chi connectivity index (χ0n) is 12.4. The topological polar surface area (TPSA) is 21.3 Å². The second-order valence-electron chi connectivity index (χ2n) is 5.87. The van der Waals surface area contributed by atoms with Crippen molar-refractivity contribution in [2.24, 2.45) is 0 Å². The Hall–Kier alpha value is -1.02. The maximum atomic E-state index is 5.75. The van der Waals surface area contributed by atoms with E-state index < -0.39 is 0 Å². The van der Waals surface area contributed by atoms with Crippen LogP contribution in [0, 0.1) is 0 Å². The van der Waals surface area contributed by atoms with E-state index in [9.17, 15) is 0 Å². The highest BCUT2D eigenvalue weighted by molar-refractivity contribution is 5.31. The first-order valence-corrected chi connectivity index (χ1v) is 6.90. The Labute approximate surface area is 112 Å². The van der Waals surface area contributed by atoms with E-state index in [-0.39, 0.29) is 5.41 Å². The predicted octanol–water partition coefficient (Wildman–Crippen LogP) is 3.75. The van der Waals surface area contributed by atoms with Gasteiger partial charge in [-0.3, -0.25) is 0 Å². The minimum Gasteiger partial charge on any atom is -0.494 e. The van der Waals surface area contributed by atoms with Gasteiger partial charge in [-0.1, -0.05) is 39.8 Å². The lowest BCUT2D eigenvalue weighted by Gasteiger charge is -2.19. The van der Waals surface area contributed by atoms with Gasteiger partial charge in [-0.15, -0.1) is 0 Å². The molecule has 0 aliphatic rings. The molecule has 0 fully saturated rings. The van der Waals surface area contributed by atoms with Crippen molar-refractivity contribution in [1.82, 2.24) is 5.32 Å². The largest absolute Gasteiger partial charge is 0.494 e. The van der Waals surface area contributed by atoms with Crippen LogP contribution in [-0.2, 0) is 5.41 Å². The highest BCUT2D eigenvalue weighted by Gasteiger charge is 2.12. The third-order valence-electron chi connectivity index (χ3n) is 3.09. The monoisotopic (exact) mass is 249 g/mol. The Morgan fingerprint density at radius 3 is 2.28 bits per heavy atom. The van der Waals surface area contributed by atoms with Gasteiger partial charge in [0, 0.05) is 6.04 Å². The molecule has 1 aromatic carbocycles. The number of rotatable bonds is 6. The minimum atomic E-state index is 0.206. The van der Waals surface area contributed by atoms with E-state index in [0.29, 0.717) is 6.04 Å². The van der Waals surface area contributed by atoms with E-state index in [0.717, 1.165) is 25.3 Å². The minimum absolute atomic E-state index is 0.206. The summed E-state index contributed by atoms with van der Waals surface area (Å²) in [6.45, 7) is 12.8. The Morgan fingerprint density at radius 1 is 1.17 bits per heavy atom. The van der Waals surface area contributed by atoms with Gasteiger partial charge in [0.05, 0.1) is 6.61 Å². The SMILES string of the molecule is CCNC(C)CCOc1ccc(C(C)(C)C)cc1. The quantitative estimate of drug-likeness (QED) is 0.829. The highest BCUT2D eigenvalue weighted by atomic mass is 16.5. The van der Waals surface area contributed by atoms with Gasteiger partial charge in [0.25, 0.3) is 0 Å². The maximum Gasteiger partial charge on any atom is 0.119 e. The zero-order valence-corrected chi connectivity index (χ0v) is 12.4. The fraction of sp³-hybridized carbons (Fsp3) is 0.625. The van der Waals surface area contributed by atoms with Crippen LogP contribution in [0.1, 0.15) is 46.6 Å². The smallest absolute Gasteiger partial charge is 0.119 e. The normalized spacial score (nSPS) is 13.4. The van der Waals surface area contributed by atoms with Gasteiger partial charge in [0.2, 0.25) is 0 Å². The summed E-state index contributed by atoms with van der Waals surface area (Å²) >= 11 is 0. The van der Waals surface area contributed by atoms with Crippen molar-refractivity contribution in [3.05, 3.63) is 29.8 Å². The van der Waals surface area contributed by atoms with Crippen molar-refractivity contribution >= 4 is 0 Å². The fourth-order valence-electron chi connectivity index (χ4n) is 1.86. The lowest BCUT2D eigenvalue weighted by molar-refractivity contribution is 0.291. The van der Waals surface area contributed by atoms with Crippen LogP contribution in [0.3, 0.4) is 0 Å². The molecule has 2 heteroatoms. The number of hydrogen-bond donors (Lipinski definition) is 1. The first-order valence-electron chi connectivity index (χ1n) is 6.90. The molecule has 1 N–H and O–H groups in total. The van der Waals surface area contributed by atoms with Crippen molar-refractivity contribution in [1.29, 1.82) is 0 Å². The van der Waals surface area contributed by atoms with Crippen LogP contribution in [0.15, 0.2) is 24.3 Å². The van der Waals surface area contributed by atoms with Crippen LogP contribution in [0.5, 0.6) is 5.75 Å². The molecular weight excluding hydrogens is 222 g/mol. The first kappa shape index (κ1) is 15.0. The van der Waals surface area contributed by atoms with Crippen LogP contribution in [-0.4, -0.2) is 19.2 Å². The summed E-state index contributed by atoms with van der Waals surface area (Å²) in [5.74, 6) is 0.965. The Morgan fingerprint density at radius 2 is 1.78 bits per heavy atom. The summed E-state index contributed by atoms with van der Waals surface area (Å²) < 4.78 is 5.75. The molecule has 2 nitrogen and oxygen atoms in total. The van der Waals surface area contributed by atoms with Crippen molar-refractivity contribution < 1.29 is 4.74 Å². The molecule has 0 heterocycles. The third kappa shape index (κ3) is 5.09. The Balaban J connectivity index is 2.40. The van der Waals surface area contributed by atoms with E-state index in [4.69, 9.17) is 4.74 Å². The van der Waals surface area contributed by atoms with E-state index in [1.807, 2.05) is 0 Å². The van der Waals surface area contributed by atoms with Crippen LogP contribution < -0.4 is 10.1 Å². The lowest BCUT2D eigenvalue weighted by atomic mass is 9.87. The van der Waals surface area contributed by atoms with E-state index in [1.165, 1.54) is 5.56 Å². The molecular formula is C16H27NO. The highest BCUT2D eigenvalue weighted by Crippen LogP contribution is 2.24. The third-order valence-corrected chi connectivity index (χ3v) is 3.09. The number of hydrogen-bond acceptors (Lipinski definition) is 2. The molecule has 18 heavy (non-hydrogen) atoms. The molecule has 1 unspecified atom stereocenters. The summed E-state index contributed by atoms with van der Waals surface area (Å²) in [6, 6.07) is 8.96. The molecule has 0 saturated carbocycles. The van der Waals surface area contributed by atoms with Gasteiger partial charge in [-0.05, 0) is 43.0 Å². The molecule has 1 aromatic rings. The predicted molar refractivity (Wildman–Crippen MR) is 78.4 cm³/mol. The first-order chi connectivity index (χ1) is 8.43. The van der Waals surface area contributed by atoms with Crippen molar-refractivity contribution in [3.63, 3.8) is 0 Å². The molecule has 0 bridgehead atoms. The summed E-state index contributed by atoms with van der Waals surface area (Å²) in [5, 5.41) is 3.38. The van der Waals surface area contributed by atoms with Gasteiger partial charge >= 0.3 is 0 Å². The molecule has 0 amide bonds. The summed E-state index contributed by atoms with van der Waals surface area (Å²) in [5.41, 5.74) is 1.55. The van der Waals surface area contributed by atoms with E-state index in [2.05, 4.69) is 64.2 Å². The molecule has 0 saturated heterocycles. The van der Waals surface area contributed by atoms with Crippen LogP contribution in [0.25, 0.3) is 0 Å². The number of ether oxygens (including phenoxy) is 1. The second-order valence-corrected chi connectivity index (χ2v) is 5.87. The van der Waals surface area contributed by atoms with Gasteiger partial charge in [0.1, 0.15) is 5.75 Å². The molecule has 0 spiro atoms. The summed E-state index contributed by atoms with van der Waals surface area (Å²) in [4.78, 5) is 0. The standard InChI is InChI=1S/C16H27NO/c1-6-17-13(2)11-12-18-15-9-7-14(8-10-15)16(3,4)5/h7-10,13,17H,6,11-12H2,1-5H3. The lowest BCUT2D eigenvalue weighted by Crippen LogP contribution is -2.27. The summed E-state index contributed by atoms with van der Waals surface area (Å²) in [6.07, 6.45) is 1.04. The van der Waals surface area contributed by atoms with E-state index in [1.54, 1.807) is 0 Å². The number of nitrogens with one attached hydrogen (secondary N) is 1. The second kappa shape index (κ2) is 6.79. The molecule has 0 aliphatic heterocycles. The molecule has 0 radical (unpaired) electrons. The molecule has 0 aromatic heterocycles. The van der Waals surface area contributed by atoms with Gasteiger partial charge < -0.3 is 10.1 Å². The van der Waals surface area contributed by atoms with Gasteiger partial charge in [-0.2, -0.15) is 0 Å². The molecule has 102 valence electrons. The zero-order chi connectivity index (χ0) is 13.6. The summed E-state index contributed by atoms with van der Waals surface area (Å²) in [7, 11) is 0. The van der Waals surface area contributed by atoms with Gasteiger partial charge in [-0.25, -0.2) is 0 Å². The molecule has 0 aliphatic carbocycles. The number of benzene rings is 1. The Kier molecular flexibility index (Phi) is 5.67. The average molecular weight is 249 g/mol. The maximum absolute atomic E-state index is 5.75. The van der Waals surface area contributed by atoms with Crippen LogP contribution >= 0.6 is 0 Å². The fourth-order valence-corrected chi connectivity index (χ4v) is 1.86.